The molecule has 108 valence electrons. The van der Waals surface area contributed by atoms with E-state index in [4.69, 9.17) is 4.74 Å². The number of likely N-dealkylation sites (tertiary alicyclic amines) is 1. The van der Waals surface area contributed by atoms with Gasteiger partial charge in [0.25, 0.3) is 0 Å². The zero-order valence-electron chi connectivity index (χ0n) is 12.4. The van der Waals surface area contributed by atoms with E-state index in [-0.39, 0.29) is 18.1 Å². The smallest absolute Gasteiger partial charge is 0.410 e. The van der Waals surface area contributed by atoms with Crippen molar-refractivity contribution >= 4 is 11.9 Å². The SMILES string of the molecule is C[C@H]1C2CCCC(=O)C2CCN1C(=O)OC(C)(C)C. The van der Waals surface area contributed by atoms with Crippen molar-refractivity contribution in [1.82, 2.24) is 4.90 Å². The van der Waals surface area contributed by atoms with Crippen LogP contribution in [0.4, 0.5) is 4.79 Å². The predicted molar refractivity (Wildman–Crippen MR) is 72.9 cm³/mol. The molecule has 1 amide bonds. The summed E-state index contributed by atoms with van der Waals surface area (Å²) in [4.78, 5) is 26.0. The Morgan fingerprint density at radius 1 is 1.32 bits per heavy atom. The molecule has 4 nitrogen and oxygen atoms in total. The van der Waals surface area contributed by atoms with E-state index >= 15 is 0 Å². The second kappa shape index (κ2) is 5.14. The molecule has 1 heterocycles. The third kappa shape index (κ3) is 3.10. The first-order valence-electron chi connectivity index (χ1n) is 7.32. The molecular weight excluding hydrogens is 242 g/mol. The lowest BCUT2D eigenvalue weighted by molar-refractivity contribution is -0.130. The largest absolute Gasteiger partial charge is 0.444 e. The summed E-state index contributed by atoms with van der Waals surface area (Å²) in [6, 6.07) is 0.109. The van der Waals surface area contributed by atoms with Crippen LogP contribution in [0, 0.1) is 11.8 Å². The Morgan fingerprint density at radius 2 is 2.00 bits per heavy atom. The van der Waals surface area contributed by atoms with Gasteiger partial charge < -0.3 is 9.64 Å². The average Bonchev–Trinajstić information content (AvgIpc) is 2.28. The summed E-state index contributed by atoms with van der Waals surface area (Å²) in [6.07, 6.45) is 3.30. The van der Waals surface area contributed by atoms with Crippen molar-refractivity contribution in [3.05, 3.63) is 0 Å². The highest BCUT2D eigenvalue weighted by atomic mass is 16.6. The van der Waals surface area contributed by atoms with E-state index in [2.05, 4.69) is 6.92 Å². The van der Waals surface area contributed by atoms with Crippen LogP contribution in [0.1, 0.15) is 53.4 Å². The number of carbonyl (C=O) groups is 2. The third-order valence-corrected chi connectivity index (χ3v) is 4.31. The van der Waals surface area contributed by atoms with Gasteiger partial charge in [-0.2, -0.15) is 0 Å². The molecule has 4 heteroatoms. The minimum absolute atomic E-state index is 0.109. The molecule has 0 spiro atoms. The summed E-state index contributed by atoms with van der Waals surface area (Å²) in [6.45, 7) is 8.34. The van der Waals surface area contributed by atoms with Crippen LogP contribution in [0.3, 0.4) is 0 Å². The van der Waals surface area contributed by atoms with Gasteiger partial charge in [-0.05, 0) is 52.9 Å². The van der Waals surface area contributed by atoms with Gasteiger partial charge in [-0.1, -0.05) is 0 Å². The van der Waals surface area contributed by atoms with Crippen molar-refractivity contribution in [3.8, 4) is 0 Å². The average molecular weight is 267 g/mol. The van der Waals surface area contributed by atoms with Crippen molar-refractivity contribution < 1.29 is 14.3 Å². The molecule has 1 aliphatic heterocycles. The molecule has 2 aliphatic rings. The fourth-order valence-corrected chi connectivity index (χ4v) is 3.38. The maximum Gasteiger partial charge on any atom is 0.410 e. The van der Waals surface area contributed by atoms with Crippen LogP contribution < -0.4 is 0 Å². The number of hydrogen-bond acceptors (Lipinski definition) is 3. The van der Waals surface area contributed by atoms with Crippen LogP contribution >= 0.6 is 0 Å². The second-order valence-electron chi connectivity index (χ2n) is 6.83. The van der Waals surface area contributed by atoms with Crippen LogP contribution in [0.5, 0.6) is 0 Å². The Morgan fingerprint density at radius 3 is 2.63 bits per heavy atom. The first-order valence-corrected chi connectivity index (χ1v) is 7.32. The van der Waals surface area contributed by atoms with E-state index in [1.54, 1.807) is 0 Å². The number of ketones is 1. The van der Waals surface area contributed by atoms with Crippen molar-refractivity contribution in [3.63, 3.8) is 0 Å². The molecule has 1 saturated heterocycles. The fraction of sp³-hybridized carbons (Fsp3) is 0.867. The summed E-state index contributed by atoms with van der Waals surface area (Å²) in [5, 5.41) is 0. The highest BCUT2D eigenvalue weighted by Gasteiger charge is 2.43. The molecule has 19 heavy (non-hydrogen) atoms. The molecule has 1 aliphatic carbocycles. The van der Waals surface area contributed by atoms with Gasteiger partial charge in [0.2, 0.25) is 0 Å². The summed E-state index contributed by atoms with van der Waals surface area (Å²) < 4.78 is 5.46. The van der Waals surface area contributed by atoms with Gasteiger partial charge in [0.1, 0.15) is 11.4 Å². The van der Waals surface area contributed by atoms with Crippen molar-refractivity contribution in [1.29, 1.82) is 0 Å². The lowest BCUT2D eigenvalue weighted by Crippen LogP contribution is -2.54. The standard InChI is InChI=1S/C15H25NO3/c1-10-11-6-5-7-13(17)12(11)8-9-16(10)14(18)19-15(2,3)4/h10-12H,5-9H2,1-4H3/t10-,11?,12?/m0/s1. The summed E-state index contributed by atoms with van der Waals surface area (Å²) >= 11 is 0. The highest BCUT2D eigenvalue weighted by molar-refractivity contribution is 5.82. The molecule has 2 unspecified atom stereocenters. The number of fused-ring (bicyclic) bond motifs is 1. The Hall–Kier alpha value is -1.06. The van der Waals surface area contributed by atoms with Gasteiger partial charge in [0.05, 0.1) is 0 Å². The monoisotopic (exact) mass is 267 g/mol. The van der Waals surface area contributed by atoms with Crippen LogP contribution in [-0.4, -0.2) is 35.0 Å². The first kappa shape index (κ1) is 14.4. The lowest BCUT2D eigenvalue weighted by atomic mass is 9.71. The summed E-state index contributed by atoms with van der Waals surface area (Å²) in [5.74, 6) is 0.886. The topological polar surface area (TPSA) is 46.6 Å². The van der Waals surface area contributed by atoms with E-state index in [0.29, 0.717) is 18.2 Å². The van der Waals surface area contributed by atoms with Crippen LogP contribution in [0.25, 0.3) is 0 Å². The molecule has 3 atom stereocenters. The molecule has 2 rings (SSSR count). The molecule has 0 aromatic heterocycles. The molecule has 1 saturated carbocycles. The second-order valence-corrected chi connectivity index (χ2v) is 6.83. The number of rotatable bonds is 0. The normalized spacial score (nSPS) is 31.9. The molecular formula is C15H25NO3. The Kier molecular flexibility index (Phi) is 3.88. The van der Waals surface area contributed by atoms with Gasteiger partial charge in [0, 0.05) is 24.9 Å². The van der Waals surface area contributed by atoms with Crippen molar-refractivity contribution in [2.45, 2.75) is 65.0 Å². The number of amides is 1. The minimum Gasteiger partial charge on any atom is -0.444 e. The molecule has 0 radical (unpaired) electrons. The summed E-state index contributed by atoms with van der Waals surface area (Å²) in [5.41, 5.74) is -0.462. The van der Waals surface area contributed by atoms with Gasteiger partial charge in [-0.25, -0.2) is 4.79 Å². The maximum absolute atomic E-state index is 12.2. The molecule has 0 aromatic carbocycles. The molecule has 0 aromatic rings. The van der Waals surface area contributed by atoms with E-state index in [1.165, 1.54) is 0 Å². The number of Topliss-reactive ketones (excluding diaryl/α,β-unsaturated/α-hetero) is 1. The van der Waals surface area contributed by atoms with E-state index in [0.717, 1.165) is 25.7 Å². The minimum atomic E-state index is -0.462. The number of carbonyl (C=O) groups excluding carboxylic acids is 2. The molecule has 2 fully saturated rings. The number of nitrogens with zero attached hydrogens (tertiary/aromatic N) is 1. The number of ether oxygens (including phenoxy) is 1. The Balaban J connectivity index is 2.05. The van der Waals surface area contributed by atoms with E-state index < -0.39 is 5.60 Å². The third-order valence-electron chi connectivity index (χ3n) is 4.31. The highest BCUT2D eigenvalue weighted by Crippen LogP contribution is 2.38. The Labute approximate surface area is 115 Å². The van der Waals surface area contributed by atoms with Gasteiger partial charge in [-0.3, -0.25) is 4.79 Å². The quantitative estimate of drug-likeness (QED) is 0.678. The molecule has 0 bridgehead atoms. The van der Waals surface area contributed by atoms with Gasteiger partial charge in [-0.15, -0.1) is 0 Å². The lowest BCUT2D eigenvalue weighted by Gasteiger charge is -2.45. The van der Waals surface area contributed by atoms with Crippen molar-refractivity contribution in [2.75, 3.05) is 6.54 Å². The molecule has 0 N–H and O–H groups in total. The van der Waals surface area contributed by atoms with Crippen LogP contribution in [0.15, 0.2) is 0 Å². The van der Waals surface area contributed by atoms with Crippen molar-refractivity contribution in [2.24, 2.45) is 11.8 Å². The first-order chi connectivity index (χ1) is 8.79. The predicted octanol–water partition coefficient (Wildman–Crippen LogP) is 3.00. The zero-order chi connectivity index (χ0) is 14.2. The van der Waals surface area contributed by atoms with Crippen LogP contribution in [0.2, 0.25) is 0 Å². The number of hydrogen-bond donors (Lipinski definition) is 0. The van der Waals surface area contributed by atoms with E-state index in [1.807, 2.05) is 25.7 Å². The summed E-state index contributed by atoms with van der Waals surface area (Å²) in [7, 11) is 0. The maximum atomic E-state index is 12.2. The van der Waals surface area contributed by atoms with Gasteiger partial charge in [0.15, 0.2) is 0 Å². The number of piperidine rings is 1. The fourth-order valence-electron chi connectivity index (χ4n) is 3.38. The zero-order valence-corrected chi connectivity index (χ0v) is 12.4. The van der Waals surface area contributed by atoms with E-state index in [9.17, 15) is 9.59 Å². The Bertz CT molecular complexity index is 372. The van der Waals surface area contributed by atoms with Crippen LogP contribution in [-0.2, 0) is 9.53 Å². The van der Waals surface area contributed by atoms with Gasteiger partial charge >= 0.3 is 6.09 Å².